The first-order valence-corrected chi connectivity index (χ1v) is 8.27. The minimum absolute atomic E-state index is 0.125. The van der Waals surface area contributed by atoms with Gasteiger partial charge in [0.05, 0.1) is 12.1 Å². The summed E-state index contributed by atoms with van der Waals surface area (Å²) in [6, 6.07) is 14.5. The lowest BCUT2D eigenvalue weighted by Crippen LogP contribution is -2.33. The van der Waals surface area contributed by atoms with Gasteiger partial charge < -0.3 is 15.2 Å². The molecular weight excluding hydrogens is 318 g/mol. The highest BCUT2D eigenvalue weighted by molar-refractivity contribution is 5.89. The van der Waals surface area contributed by atoms with Crippen LogP contribution in [0, 0.1) is 6.92 Å². The van der Waals surface area contributed by atoms with Gasteiger partial charge in [-0.25, -0.2) is 4.79 Å². The third-order valence-corrected chi connectivity index (χ3v) is 3.81. The quantitative estimate of drug-likeness (QED) is 0.773. The molecule has 0 spiro atoms. The van der Waals surface area contributed by atoms with Crippen LogP contribution in [0.1, 0.15) is 34.8 Å². The van der Waals surface area contributed by atoms with Crippen LogP contribution >= 0.6 is 0 Å². The fraction of sp³-hybridized carbons (Fsp3) is 0.300. The first kappa shape index (κ1) is 18.5. The van der Waals surface area contributed by atoms with E-state index in [1.165, 1.54) is 0 Å². The molecule has 0 saturated carbocycles. The zero-order valence-electron chi connectivity index (χ0n) is 14.5. The van der Waals surface area contributed by atoms with E-state index in [-0.39, 0.29) is 24.0 Å². The van der Waals surface area contributed by atoms with Gasteiger partial charge in [0.25, 0.3) is 0 Å². The van der Waals surface area contributed by atoms with Crippen molar-refractivity contribution < 1.29 is 19.4 Å². The fourth-order valence-corrected chi connectivity index (χ4v) is 2.43. The second kappa shape index (κ2) is 8.87. The predicted octanol–water partition coefficient (Wildman–Crippen LogP) is 3.21. The number of carbonyl (C=O) groups excluding carboxylic acids is 1. The maximum absolute atomic E-state index is 12.0. The Balaban J connectivity index is 1.77. The van der Waals surface area contributed by atoms with Crippen molar-refractivity contribution in [3.63, 3.8) is 0 Å². The molecule has 1 unspecified atom stereocenters. The molecule has 0 saturated heterocycles. The summed E-state index contributed by atoms with van der Waals surface area (Å²) >= 11 is 0. The van der Waals surface area contributed by atoms with E-state index in [0.717, 1.165) is 11.3 Å². The monoisotopic (exact) mass is 341 g/mol. The number of hydrogen-bond donors (Lipinski definition) is 2. The summed E-state index contributed by atoms with van der Waals surface area (Å²) in [6.45, 7) is 4.29. The average molecular weight is 341 g/mol. The Hall–Kier alpha value is -2.82. The number of aryl methyl sites for hydroxylation is 2. The second-order valence-corrected chi connectivity index (χ2v) is 6.01. The summed E-state index contributed by atoms with van der Waals surface area (Å²) in [7, 11) is 0. The van der Waals surface area contributed by atoms with Crippen molar-refractivity contribution in [1.82, 2.24) is 5.32 Å². The van der Waals surface area contributed by atoms with Crippen molar-refractivity contribution >= 4 is 11.9 Å². The Bertz CT molecular complexity index is 725. The molecule has 1 amide bonds. The molecule has 132 valence electrons. The molecule has 0 bridgehead atoms. The third-order valence-electron chi connectivity index (χ3n) is 3.81. The Labute approximate surface area is 147 Å². The van der Waals surface area contributed by atoms with Crippen molar-refractivity contribution in [2.24, 2.45) is 0 Å². The second-order valence-electron chi connectivity index (χ2n) is 6.01. The van der Waals surface area contributed by atoms with Crippen LogP contribution in [0.3, 0.4) is 0 Å². The van der Waals surface area contributed by atoms with Crippen molar-refractivity contribution in [3.05, 3.63) is 65.2 Å². The van der Waals surface area contributed by atoms with Gasteiger partial charge >= 0.3 is 5.97 Å². The summed E-state index contributed by atoms with van der Waals surface area (Å²) in [5, 5.41) is 12.0. The van der Waals surface area contributed by atoms with E-state index in [1.807, 2.05) is 38.1 Å². The molecule has 0 aliphatic heterocycles. The highest BCUT2D eigenvalue weighted by atomic mass is 16.5. The SMILES string of the molecule is Cc1ccc(OC(C)CNC(=O)CCc2ccccc2C(=O)O)cc1. The molecule has 0 radical (unpaired) electrons. The Morgan fingerprint density at radius 1 is 1.12 bits per heavy atom. The molecule has 0 aliphatic carbocycles. The van der Waals surface area contributed by atoms with Gasteiger partial charge in [-0.15, -0.1) is 0 Å². The number of nitrogens with one attached hydrogen (secondary N) is 1. The van der Waals surface area contributed by atoms with Crippen molar-refractivity contribution in [2.75, 3.05) is 6.54 Å². The van der Waals surface area contributed by atoms with E-state index in [0.29, 0.717) is 18.5 Å². The number of rotatable bonds is 8. The van der Waals surface area contributed by atoms with Crippen molar-refractivity contribution in [3.8, 4) is 5.75 Å². The normalized spacial score (nSPS) is 11.6. The van der Waals surface area contributed by atoms with Crippen LogP contribution < -0.4 is 10.1 Å². The minimum Gasteiger partial charge on any atom is -0.489 e. The summed E-state index contributed by atoms with van der Waals surface area (Å²) in [6.07, 6.45) is 0.473. The van der Waals surface area contributed by atoms with E-state index in [4.69, 9.17) is 9.84 Å². The molecule has 25 heavy (non-hydrogen) atoms. The van der Waals surface area contributed by atoms with Gasteiger partial charge in [0.15, 0.2) is 0 Å². The molecule has 5 nitrogen and oxygen atoms in total. The van der Waals surface area contributed by atoms with Crippen molar-refractivity contribution in [1.29, 1.82) is 0 Å². The topological polar surface area (TPSA) is 75.6 Å². The zero-order valence-corrected chi connectivity index (χ0v) is 14.5. The smallest absolute Gasteiger partial charge is 0.335 e. The first-order chi connectivity index (χ1) is 12.0. The molecule has 0 aromatic heterocycles. The van der Waals surface area contributed by atoms with Crippen LogP contribution in [0.2, 0.25) is 0 Å². The van der Waals surface area contributed by atoms with Gasteiger partial charge in [0.2, 0.25) is 5.91 Å². The van der Waals surface area contributed by atoms with E-state index in [1.54, 1.807) is 24.3 Å². The van der Waals surface area contributed by atoms with Gasteiger partial charge in [-0.05, 0) is 44.0 Å². The minimum atomic E-state index is -0.976. The Morgan fingerprint density at radius 3 is 2.48 bits per heavy atom. The standard InChI is InChI=1S/C20H23NO4/c1-14-7-10-17(11-8-14)25-15(2)13-21-19(22)12-9-16-5-3-4-6-18(16)20(23)24/h3-8,10-11,15H,9,12-13H2,1-2H3,(H,21,22)(H,23,24). The lowest BCUT2D eigenvalue weighted by atomic mass is 10.0. The molecule has 0 fully saturated rings. The maximum atomic E-state index is 12.0. The van der Waals surface area contributed by atoms with E-state index >= 15 is 0 Å². The van der Waals surface area contributed by atoms with Gasteiger partial charge in [-0.1, -0.05) is 35.9 Å². The Morgan fingerprint density at radius 2 is 1.80 bits per heavy atom. The van der Waals surface area contributed by atoms with Crippen LogP contribution in [0.15, 0.2) is 48.5 Å². The fourth-order valence-electron chi connectivity index (χ4n) is 2.43. The lowest BCUT2D eigenvalue weighted by Gasteiger charge is -2.15. The van der Waals surface area contributed by atoms with E-state index in [2.05, 4.69) is 5.32 Å². The molecule has 2 rings (SSSR count). The number of aromatic carboxylic acids is 1. The van der Waals surface area contributed by atoms with Crippen LogP contribution in [-0.4, -0.2) is 29.6 Å². The van der Waals surface area contributed by atoms with Crippen LogP contribution in [-0.2, 0) is 11.2 Å². The summed E-state index contributed by atoms with van der Waals surface area (Å²) in [5.41, 5.74) is 2.07. The van der Waals surface area contributed by atoms with E-state index in [9.17, 15) is 9.59 Å². The van der Waals surface area contributed by atoms with Crippen LogP contribution in [0.25, 0.3) is 0 Å². The summed E-state index contributed by atoms with van der Waals surface area (Å²) in [5.74, 6) is -0.335. The third kappa shape index (κ3) is 5.95. The number of amides is 1. The summed E-state index contributed by atoms with van der Waals surface area (Å²) in [4.78, 5) is 23.1. The maximum Gasteiger partial charge on any atom is 0.335 e. The number of hydrogen-bond acceptors (Lipinski definition) is 3. The molecule has 0 heterocycles. The number of benzene rings is 2. The predicted molar refractivity (Wildman–Crippen MR) is 96.0 cm³/mol. The van der Waals surface area contributed by atoms with Gasteiger partial charge in [0.1, 0.15) is 11.9 Å². The molecule has 5 heteroatoms. The largest absolute Gasteiger partial charge is 0.489 e. The molecule has 2 aromatic carbocycles. The van der Waals surface area contributed by atoms with Crippen molar-refractivity contribution in [2.45, 2.75) is 32.8 Å². The summed E-state index contributed by atoms with van der Waals surface area (Å²) < 4.78 is 5.74. The average Bonchev–Trinajstić information content (AvgIpc) is 2.60. The van der Waals surface area contributed by atoms with Gasteiger partial charge in [0, 0.05) is 6.42 Å². The zero-order chi connectivity index (χ0) is 18.2. The Kier molecular flexibility index (Phi) is 6.57. The lowest BCUT2D eigenvalue weighted by molar-refractivity contribution is -0.121. The molecule has 0 aliphatic rings. The highest BCUT2D eigenvalue weighted by Gasteiger charge is 2.11. The number of carboxylic acid groups (broad SMARTS) is 1. The molecule has 1 atom stereocenters. The first-order valence-electron chi connectivity index (χ1n) is 8.27. The highest BCUT2D eigenvalue weighted by Crippen LogP contribution is 2.13. The molecule has 2 aromatic rings. The number of ether oxygens (including phenoxy) is 1. The molecule has 2 N–H and O–H groups in total. The number of carboxylic acids is 1. The van der Waals surface area contributed by atoms with Crippen LogP contribution in [0.5, 0.6) is 5.75 Å². The van der Waals surface area contributed by atoms with Gasteiger partial charge in [-0.3, -0.25) is 4.79 Å². The van der Waals surface area contributed by atoms with Gasteiger partial charge in [-0.2, -0.15) is 0 Å². The molecular formula is C20H23NO4. The van der Waals surface area contributed by atoms with E-state index < -0.39 is 5.97 Å². The number of carbonyl (C=O) groups is 2. The van der Waals surface area contributed by atoms with Crippen LogP contribution in [0.4, 0.5) is 0 Å².